The number of nitrogens with zero attached hydrogens (tertiary/aromatic N) is 2. The maximum Gasteiger partial charge on any atom is 0.188 e. The van der Waals surface area contributed by atoms with Crippen LogP contribution in [-0.2, 0) is 13.0 Å². The van der Waals surface area contributed by atoms with Gasteiger partial charge in [-0.2, -0.15) is 0 Å². The third-order valence-corrected chi connectivity index (χ3v) is 4.13. The average Bonchev–Trinajstić information content (AvgIpc) is 2.51. The molecule has 1 atom stereocenters. The molecule has 0 spiro atoms. The average molecular weight is 288 g/mol. The van der Waals surface area contributed by atoms with E-state index < -0.39 is 0 Å². The zero-order valence-electron chi connectivity index (χ0n) is 13.3. The summed E-state index contributed by atoms with van der Waals surface area (Å²) in [7, 11) is 0. The molecule has 1 aromatic rings. The number of guanidine groups is 1. The van der Waals surface area contributed by atoms with Crippen molar-refractivity contribution in [1.82, 2.24) is 10.2 Å². The molecule has 0 saturated carbocycles. The third-order valence-electron chi connectivity index (χ3n) is 4.13. The van der Waals surface area contributed by atoms with Gasteiger partial charge in [-0.1, -0.05) is 31.2 Å². The lowest BCUT2D eigenvalue weighted by Crippen LogP contribution is -2.38. The van der Waals surface area contributed by atoms with Crippen LogP contribution in [0.2, 0.25) is 0 Å². The van der Waals surface area contributed by atoms with E-state index in [1.54, 1.807) is 0 Å². The Bertz CT molecular complexity index is 470. The molecule has 0 aromatic heterocycles. The van der Waals surface area contributed by atoms with Crippen LogP contribution in [0.5, 0.6) is 0 Å². The minimum Gasteiger partial charge on any atom is -0.370 e. The molecule has 116 valence electrons. The van der Waals surface area contributed by atoms with Gasteiger partial charge in [0.25, 0.3) is 0 Å². The van der Waals surface area contributed by atoms with Gasteiger partial charge in [-0.25, -0.2) is 0 Å². The standard InChI is InChI=1S/C17H28N4/c1-3-14(2)20-17(18)19-10-6-11-21-12-9-15-7-4-5-8-16(15)13-21/h4-5,7-8,14H,3,6,9-13H2,1-2H3,(H3,18,19,20). The molecule has 0 aliphatic carbocycles. The molecule has 0 fully saturated rings. The Balaban J connectivity index is 1.69. The van der Waals surface area contributed by atoms with Gasteiger partial charge < -0.3 is 11.1 Å². The number of hydrogen-bond donors (Lipinski definition) is 2. The highest BCUT2D eigenvalue weighted by Crippen LogP contribution is 2.18. The quantitative estimate of drug-likeness (QED) is 0.479. The number of fused-ring (bicyclic) bond motifs is 1. The Hall–Kier alpha value is -1.55. The first kappa shape index (κ1) is 15.8. The highest BCUT2D eigenvalue weighted by Gasteiger charge is 2.14. The van der Waals surface area contributed by atoms with E-state index in [1.807, 2.05) is 0 Å². The van der Waals surface area contributed by atoms with Gasteiger partial charge in [-0.05, 0) is 37.3 Å². The maximum atomic E-state index is 5.86. The van der Waals surface area contributed by atoms with Crippen LogP contribution < -0.4 is 11.1 Å². The van der Waals surface area contributed by atoms with E-state index in [1.165, 1.54) is 11.1 Å². The molecule has 0 saturated heterocycles. The molecule has 4 heteroatoms. The van der Waals surface area contributed by atoms with E-state index in [-0.39, 0.29) is 0 Å². The number of aliphatic imine (C=N–C) groups is 1. The third kappa shape index (κ3) is 5.05. The van der Waals surface area contributed by atoms with Crippen molar-refractivity contribution >= 4 is 5.96 Å². The van der Waals surface area contributed by atoms with E-state index in [9.17, 15) is 0 Å². The van der Waals surface area contributed by atoms with Gasteiger partial charge in [-0.15, -0.1) is 0 Å². The maximum absolute atomic E-state index is 5.86. The van der Waals surface area contributed by atoms with Gasteiger partial charge in [-0.3, -0.25) is 9.89 Å². The molecule has 21 heavy (non-hydrogen) atoms. The Kier molecular flexibility index (Phi) is 6.05. The van der Waals surface area contributed by atoms with Crippen molar-refractivity contribution in [2.75, 3.05) is 19.6 Å². The molecule has 1 heterocycles. The van der Waals surface area contributed by atoms with Crippen LogP contribution in [0.3, 0.4) is 0 Å². The summed E-state index contributed by atoms with van der Waals surface area (Å²) in [6.45, 7) is 8.37. The minimum absolute atomic E-state index is 0.396. The smallest absolute Gasteiger partial charge is 0.188 e. The summed E-state index contributed by atoms with van der Waals surface area (Å²) in [5.41, 5.74) is 8.84. The van der Waals surface area contributed by atoms with Crippen LogP contribution in [-0.4, -0.2) is 36.5 Å². The highest BCUT2D eigenvalue weighted by atomic mass is 15.1. The molecular weight excluding hydrogens is 260 g/mol. The molecule has 1 aromatic carbocycles. The second kappa shape index (κ2) is 8.03. The van der Waals surface area contributed by atoms with E-state index in [0.29, 0.717) is 12.0 Å². The van der Waals surface area contributed by atoms with Crippen molar-refractivity contribution in [3.8, 4) is 0 Å². The fraction of sp³-hybridized carbons (Fsp3) is 0.588. The van der Waals surface area contributed by atoms with Crippen molar-refractivity contribution in [3.05, 3.63) is 35.4 Å². The Morgan fingerprint density at radius 2 is 2.14 bits per heavy atom. The van der Waals surface area contributed by atoms with Crippen molar-refractivity contribution in [2.24, 2.45) is 10.7 Å². The van der Waals surface area contributed by atoms with Crippen LogP contribution >= 0.6 is 0 Å². The van der Waals surface area contributed by atoms with Gasteiger partial charge in [0.15, 0.2) is 5.96 Å². The lowest BCUT2D eigenvalue weighted by Gasteiger charge is -2.28. The lowest BCUT2D eigenvalue weighted by atomic mass is 10.00. The summed E-state index contributed by atoms with van der Waals surface area (Å²) >= 11 is 0. The fourth-order valence-electron chi connectivity index (χ4n) is 2.64. The topological polar surface area (TPSA) is 53.6 Å². The Morgan fingerprint density at radius 3 is 2.90 bits per heavy atom. The monoisotopic (exact) mass is 288 g/mol. The Morgan fingerprint density at radius 1 is 1.38 bits per heavy atom. The summed E-state index contributed by atoms with van der Waals surface area (Å²) in [6.07, 6.45) is 3.28. The number of rotatable bonds is 6. The SMILES string of the molecule is CCC(C)NC(N)=NCCCN1CCc2ccccc2C1. The first-order valence-corrected chi connectivity index (χ1v) is 8.04. The predicted octanol–water partition coefficient (Wildman–Crippen LogP) is 2.14. The van der Waals surface area contributed by atoms with E-state index in [4.69, 9.17) is 5.73 Å². The second-order valence-electron chi connectivity index (χ2n) is 5.87. The molecule has 3 N–H and O–H groups in total. The minimum atomic E-state index is 0.396. The fourth-order valence-corrected chi connectivity index (χ4v) is 2.64. The molecule has 1 aliphatic heterocycles. The molecular formula is C17H28N4. The Labute approximate surface area is 128 Å². The summed E-state index contributed by atoms with van der Waals surface area (Å²) < 4.78 is 0. The van der Waals surface area contributed by atoms with Crippen LogP contribution in [0, 0.1) is 0 Å². The first-order chi connectivity index (χ1) is 10.2. The van der Waals surface area contributed by atoms with Crippen molar-refractivity contribution in [1.29, 1.82) is 0 Å². The van der Waals surface area contributed by atoms with Crippen molar-refractivity contribution in [3.63, 3.8) is 0 Å². The summed E-state index contributed by atoms with van der Waals surface area (Å²) in [6, 6.07) is 9.16. The van der Waals surface area contributed by atoms with Gasteiger partial charge in [0, 0.05) is 32.2 Å². The normalized spacial score (nSPS) is 17.3. The number of nitrogens with two attached hydrogens (primary N) is 1. The summed E-state index contributed by atoms with van der Waals surface area (Å²) in [4.78, 5) is 6.91. The summed E-state index contributed by atoms with van der Waals surface area (Å²) in [5, 5.41) is 3.20. The zero-order valence-corrected chi connectivity index (χ0v) is 13.3. The molecule has 0 amide bonds. The second-order valence-corrected chi connectivity index (χ2v) is 5.87. The molecule has 0 radical (unpaired) electrons. The number of nitrogens with one attached hydrogen (secondary N) is 1. The van der Waals surface area contributed by atoms with E-state index >= 15 is 0 Å². The van der Waals surface area contributed by atoms with Gasteiger partial charge in [0.05, 0.1) is 0 Å². The van der Waals surface area contributed by atoms with Crippen LogP contribution in [0.1, 0.15) is 37.8 Å². The van der Waals surface area contributed by atoms with Crippen LogP contribution in [0.4, 0.5) is 0 Å². The van der Waals surface area contributed by atoms with Crippen LogP contribution in [0.25, 0.3) is 0 Å². The van der Waals surface area contributed by atoms with E-state index in [2.05, 4.69) is 53.3 Å². The number of benzene rings is 1. The lowest BCUT2D eigenvalue weighted by molar-refractivity contribution is 0.252. The van der Waals surface area contributed by atoms with E-state index in [0.717, 1.165) is 45.4 Å². The van der Waals surface area contributed by atoms with Crippen LogP contribution in [0.15, 0.2) is 29.3 Å². The van der Waals surface area contributed by atoms with Crippen molar-refractivity contribution in [2.45, 2.75) is 45.7 Å². The first-order valence-electron chi connectivity index (χ1n) is 8.04. The van der Waals surface area contributed by atoms with Crippen molar-refractivity contribution < 1.29 is 0 Å². The highest BCUT2D eigenvalue weighted by molar-refractivity contribution is 5.78. The van der Waals surface area contributed by atoms with Gasteiger partial charge >= 0.3 is 0 Å². The molecule has 1 unspecified atom stereocenters. The summed E-state index contributed by atoms with van der Waals surface area (Å²) in [5.74, 6) is 0.577. The van der Waals surface area contributed by atoms with Gasteiger partial charge in [0.2, 0.25) is 0 Å². The molecule has 2 rings (SSSR count). The molecule has 1 aliphatic rings. The largest absolute Gasteiger partial charge is 0.370 e. The zero-order chi connectivity index (χ0) is 15.1. The predicted molar refractivity (Wildman–Crippen MR) is 89.4 cm³/mol. The number of hydrogen-bond acceptors (Lipinski definition) is 2. The molecule has 4 nitrogen and oxygen atoms in total. The van der Waals surface area contributed by atoms with Gasteiger partial charge in [0.1, 0.15) is 0 Å². The molecule has 0 bridgehead atoms.